The van der Waals surface area contributed by atoms with Crippen molar-refractivity contribution < 1.29 is 0 Å². The molecule has 0 fully saturated rings. The van der Waals surface area contributed by atoms with Gasteiger partial charge in [-0.3, -0.25) is 0 Å². The predicted octanol–water partition coefficient (Wildman–Crippen LogP) is 20.1. The third-order valence-corrected chi connectivity index (χ3v) is 25.2. The standard InChI is InChI=1S/C94H58B2N6Se/c1-7-25-59(26-8-1)63-43-47-77-71(51-63)72-52-64(60-27-9-2-10-28-60)44-48-78(72)99(77)69-55-85-89-87(57-69)101-83-41-23-24-42-84(83)102-88-58-70(100-79-49-45-65(61-29-11-3-12-30-61)53-73(79)74-54-66(46-50-80(74)100)62-31-13-4-14-32-62)56-86-90(88)96(76-38-20-22-40-82(76)98(86)68-35-17-6-18-36-68)94-92(102)91(101)93(103-94)95(89)75-37-19-21-39-81(75)97(85)67-33-15-5-16-34-67/h1-58H. The number of para-hydroxylation sites is 6. The average Bonchev–Trinajstić information content (AvgIpc) is 1.58. The van der Waals surface area contributed by atoms with Gasteiger partial charge < -0.3 is 0 Å². The van der Waals surface area contributed by atoms with E-state index >= 15 is 0 Å². The van der Waals surface area contributed by atoms with Crippen LogP contribution in [0.25, 0.3) is 99.5 Å². The van der Waals surface area contributed by atoms with E-state index in [1.54, 1.807) is 0 Å². The third kappa shape index (κ3) is 8.17. The van der Waals surface area contributed by atoms with Crippen molar-refractivity contribution in [2.24, 2.45) is 0 Å². The number of benzene rings is 15. The predicted molar refractivity (Wildman–Crippen MR) is 435 cm³/mol. The summed E-state index contributed by atoms with van der Waals surface area (Å²) in [6.07, 6.45) is 0. The molecule has 3 aromatic heterocycles. The van der Waals surface area contributed by atoms with Gasteiger partial charge in [0, 0.05) is 0 Å². The van der Waals surface area contributed by atoms with Crippen molar-refractivity contribution in [3.63, 3.8) is 0 Å². The van der Waals surface area contributed by atoms with Crippen LogP contribution >= 0.6 is 0 Å². The topological polar surface area (TPSA) is 22.8 Å². The molecule has 9 heteroatoms. The SMILES string of the molecule is c1ccc(-c2ccc3c(c2)c2cc(-c4ccccc4)ccc2n3-c2cc3c4c(c2)N2c5ccccc5N5c6cc(-n7c8ccc(-c9ccccc9)cc8c8cc(-c9ccccc9)ccc87)cc7c6B(c6ccccc6N7c6ccccc6)c6[se]c(c2c65)B4c2ccccc2N3c2ccccc2)cc1. The fourth-order valence-electron chi connectivity index (χ4n) is 18.2. The van der Waals surface area contributed by atoms with Crippen LogP contribution in [0.2, 0.25) is 0 Å². The molecule has 0 saturated heterocycles. The van der Waals surface area contributed by atoms with Crippen molar-refractivity contribution in [1.29, 1.82) is 0 Å². The maximum atomic E-state index is 2.73. The number of hydrogen-bond acceptors (Lipinski definition) is 4. The monoisotopic (exact) mass is 1370 g/mol. The van der Waals surface area contributed by atoms with Gasteiger partial charge in [0.2, 0.25) is 0 Å². The largest absolute Gasteiger partial charge is 0.0617 e. The number of hydrogen-bond donors (Lipinski definition) is 0. The zero-order valence-electron chi connectivity index (χ0n) is 55.7. The van der Waals surface area contributed by atoms with Crippen molar-refractivity contribution in [1.82, 2.24) is 9.13 Å². The Morgan fingerprint density at radius 2 is 0.476 bits per heavy atom. The Morgan fingerprint density at radius 3 is 0.796 bits per heavy atom. The molecule has 15 aromatic carbocycles. The van der Waals surface area contributed by atoms with Gasteiger partial charge >= 0.3 is 485 Å². The van der Waals surface area contributed by atoms with Crippen molar-refractivity contribution in [3.05, 3.63) is 352 Å². The van der Waals surface area contributed by atoms with Crippen molar-refractivity contribution in [2.75, 3.05) is 19.6 Å². The summed E-state index contributed by atoms with van der Waals surface area (Å²) in [4.78, 5) is 10.6. The van der Waals surface area contributed by atoms with E-state index in [2.05, 4.69) is 381 Å². The maximum absolute atomic E-state index is 2.73. The van der Waals surface area contributed by atoms with Gasteiger partial charge in [-0.05, 0) is 0 Å². The van der Waals surface area contributed by atoms with Crippen molar-refractivity contribution >= 4 is 170 Å². The van der Waals surface area contributed by atoms with Crippen LogP contribution in [-0.2, 0) is 0 Å². The zero-order chi connectivity index (χ0) is 67.1. The molecule has 476 valence electrons. The molecule has 6 nitrogen and oxygen atoms in total. The number of anilines is 12. The molecular weight excluding hydrogens is 1310 g/mol. The van der Waals surface area contributed by atoms with Gasteiger partial charge in [0.05, 0.1) is 0 Å². The van der Waals surface area contributed by atoms with Crippen LogP contribution in [0, 0.1) is 0 Å². The van der Waals surface area contributed by atoms with Crippen LogP contribution in [0.1, 0.15) is 0 Å². The average molecular weight is 1370 g/mol. The van der Waals surface area contributed by atoms with E-state index in [0.29, 0.717) is 0 Å². The van der Waals surface area contributed by atoms with E-state index in [9.17, 15) is 0 Å². The molecule has 0 saturated carbocycles. The number of aromatic nitrogens is 2. The Bertz CT molecular complexity index is 6000. The van der Waals surface area contributed by atoms with Crippen LogP contribution in [0.3, 0.4) is 0 Å². The Morgan fingerprint density at radius 1 is 0.204 bits per heavy atom. The Labute approximate surface area is 602 Å². The molecular formula is C94H58B2N6Se. The van der Waals surface area contributed by atoms with E-state index in [-0.39, 0.29) is 27.9 Å². The minimum absolute atomic E-state index is 0.0452. The van der Waals surface area contributed by atoms with Crippen LogP contribution in [-0.4, -0.2) is 37.1 Å². The second kappa shape index (κ2) is 21.9. The zero-order valence-corrected chi connectivity index (χ0v) is 57.4. The smallest absolute Gasteiger partial charge is 0.0544 e. The van der Waals surface area contributed by atoms with Gasteiger partial charge in [-0.1, -0.05) is 121 Å². The fraction of sp³-hybridized carbons (Fsp3) is 0. The molecule has 23 rings (SSSR count). The van der Waals surface area contributed by atoms with Gasteiger partial charge in [0.25, 0.3) is 0 Å². The van der Waals surface area contributed by atoms with E-state index in [4.69, 9.17) is 0 Å². The van der Waals surface area contributed by atoms with E-state index < -0.39 is 0 Å². The number of rotatable bonds is 8. The molecule has 5 aliphatic heterocycles. The summed E-state index contributed by atoms with van der Waals surface area (Å²) in [6, 6.07) is 132. The van der Waals surface area contributed by atoms with Gasteiger partial charge in [-0.15, -0.1) is 0 Å². The van der Waals surface area contributed by atoms with Gasteiger partial charge in [0.15, 0.2) is 0 Å². The minimum atomic E-state index is -0.136. The molecule has 0 bridgehead atoms. The quantitative estimate of drug-likeness (QED) is 0.141. The molecule has 0 amide bonds. The Hall–Kier alpha value is -12.8. The van der Waals surface area contributed by atoms with Gasteiger partial charge in [0.1, 0.15) is 0 Å². The molecule has 0 N–H and O–H groups in total. The molecule has 0 spiro atoms. The molecule has 0 atom stereocenters. The first-order valence-electron chi connectivity index (χ1n) is 35.6. The summed E-state index contributed by atoms with van der Waals surface area (Å²) in [7, 11) is 0. The summed E-state index contributed by atoms with van der Waals surface area (Å²) in [5.41, 5.74) is 36.2. The van der Waals surface area contributed by atoms with Crippen LogP contribution in [0.15, 0.2) is 352 Å². The first-order chi connectivity index (χ1) is 51.1. The van der Waals surface area contributed by atoms with Crippen LogP contribution in [0.5, 0.6) is 0 Å². The van der Waals surface area contributed by atoms with Crippen LogP contribution < -0.4 is 50.1 Å². The second-order valence-electron chi connectivity index (χ2n) is 27.9. The normalized spacial score (nSPS) is 13.3. The summed E-state index contributed by atoms with van der Waals surface area (Å²) in [6.45, 7) is -0.0905. The second-order valence-corrected chi connectivity index (χ2v) is 30.1. The maximum Gasteiger partial charge on any atom is -0.0544 e. The van der Waals surface area contributed by atoms with Crippen molar-refractivity contribution in [3.8, 4) is 55.9 Å². The number of nitrogens with zero attached hydrogens (tertiary/aromatic N) is 6. The van der Waals surface area contributed by atoms with E-state index in [1.807, 2.05) is 0 Å². The minimum Gasteiger partial charge on any atom is -0.0617 e. The van der Waals surface area contributed by atoms with Gasteiger partial charge in [-0.25, -0.2) is 0 Å². The number of fused-ring (bicyclic) bond motifs is 17. The molecule has 103 heavy (non-hydrogen) atoms. The molecule has 5 aliphatic rings. The first-order valence-corrected chi connectivity index (χ1v) is 37.3. The van der Waals surface area contributed by atoms with E-state index in [0.717, 1.165) is 56.2 Å². The molecule has 0 radical (unpaired) electrons. The van der Waals surface area contributed by atoms with Gasteiger partial charge in [-0.2, -0.15) is 0 Å². The Kier molecular flexibility index (Phi) is 12.1. The molecule has 0 aliphatic carbocycles. The van der Waals surface area contributed by atoms with E-state index in [1.165, 1.54) is 142 Å². The van der Waals surface area contributed by atoms with Crippen molar-refractivity contribution in [2.45, 2.75) is 0 Å². The van der Waals surface area contributed by atoms with Crippen LogP contribution in [0.4, 0.5) is 68.2 Å². The Balaban J connectivity index is 0.812. The molecule has 0 unspecified atom stereocenters. The summed E-state index contributed by atoms with van der Waals surface area (Å²) < 4.78 is 8.13. The summed E-state index contributed by atoms with van der Waals surface area (Å²) in [5.74, 6) is 0. The first kappa shape index (κ1) is 57.0. The fourth-order valence-corrected chi connectivity index (χ4v) is 21.4. The molecule has 8 heterocycles. The third-order valence-electron chi connectivity index (χ3n) is 22.5. The summed E-state index contributed by atoms with van der Waals surface area (Å²) >= 11 is -0.136. The summed E-state index contributed by atoms with van der Waals surface area (Å²) in [5, 5.41) is 4.87. The molecule has 18 aromatic rings.